The number of carbonyl (C=O) groups excluding carboxylic acids is 1. The summed E-state index contributed by atoms with van der Waals surface area (Å²) in [5, 5.41) is 0. The molecule has 3 rings (SSSR count). The van der Waals surface area contributed by atoms with E-state index >= 15 is 0 Å². The molecule has 4 nitrogen and oxygen atoms in total. The molecule has 0 saturated heterocycles. The Morgan fingerprint density at radius 1 is 1.29 bits per heavy atom. The Hall–Kier alpha value is -1.97. The second kappa shape index (κ2) is 6.20. The lowest BCUT2D eigenvalue weighted by atomic mass is 10.1. The van der Waals surface area contributed by atoms with Crippen LogP contribution in [0, 0.1) is 0 Å². The van der Waals surface area contributed by atoms with Gasteiger partial charge in [-0.1, -0.05) is 18.9 Å². The molecule has 0 aromatic heterocycles. The van der Waals surface area contributed by atoms with Crippen LogP contribution in [0.1, 0.15) is 38.2 Å². The van der Waals surface area contributed by atoms with E-state index in [-0.39, 0.29) is 12.7 Å². The molecule has 2 aliphatic rings. The van der Waals surface area contributed by atoms with Gasteiger partial charge in [0.05, 0.1) is 0 Å². The molecule has 21 heavy (non-hydrogen) atoms. The normalized spacial score (nSPS) is 17.6. The number of hydrogen-bond donors (Lipinski definition) is 0. The number of likely N-dealkylation sites (N-methyl/N-ethyl adjacent to an activating group) is 1. The van der Waals surface area contributed by atoms with Crippen LogP contribution in [0.15, 0.2) is 24.3 Å². The third-order valence-corrected chi connectivity index (χ3v) is 4.20. The van der Waals surface area contributed by atoms with E-state index in [4.69, 9.17) is 9.47 Å². The fraction of sp³-hybridized carbons (Fsp3) is 0.471. The van der Waals surface area contributed by atoms with Gasteiger partial charge in [0.2, 0.25) is 12.7 Å². The van der Waals surface area contributed by atoms with Gasteiger partial charge in [-0.25, -0.2) is 0 Å². The second-order valence-electron chi connectivity index (χ2n) is 5.51. The molecule has 4 heteroatoms. The average Bonchev–Trinajstić information content (AvgIpc) is 3.16. The molecular formula is C17H21NO3. The summed E-state index contributed by atoms with van der Waals surface area (Å²) < 4.78 is 10.6. The van der Waals surface area contributed by atoms with E-state index in [9.17, 15) is 4.79 Å². The number of amides is 1. The molecule has 1 saturated carbocycles. The van der Waals surface area contributed by atoms with Gasteiger partial charge in [-0.15, -0.1) is 0 Å². The predicted molar refractivity (Wildman–Crippen MR) is 81.2 cm³/mol. The van der Waals surface area contributed by atoms with Crippen LogP contribution >= 0.6 is 0 Å². The maximum atomic E-state index is 12.4. The van der Waals surface area contributed by atoms with Crippen molar-refractivity contribution in [3.8, 4) is 11.5 Å². The fourth-order valence-electron chi connectivity index (χ4n) is 3.09. The molecule has 1 amide bonds. The Morgan fingerprint density at radius 2 is 2.05 bits per heavy atom. The van der Waals surface area contributed by atoms with Crippen molar-refractivity contribution in [3.63, 3.8) is 0 Å². The summed E-state index contributed by atoms with van der Waals surface area (Å²) in [7, 11) is 0. The maximum absolute atomic E-state index is 12.4. The molecule has 0 spiro atoms. The van der Waals surface area contributed by atoms with Gasteiger partial charge >= 0.3 is 0 Å². The average molecular weight is 287 g/mol. The lowest BCUT2D eigenvalue weighted by Crippen LogP contribution is -2.37. The quantitative estimate of drug-likeness (QED) is 0.798. The van der Waals surface area contributed by atoms with Crippen LogP contribution in [0.2, 0.25) is 0 Å². The van der Waals surface area contributed by atoms with Crippen LogP contribution in [-0.4, -0.2) is 30.2 Å². The van der Waals surface area contributed by atoms with Crippen molar-refractivity contribution in [1.82, 2.24) is 4.90 Å². The highest BCUT2D eigenvalue weighted by Gasteiger charge is 2.23. The van der Waals surface area contributed by atoms with Crippen LogP contribution in [0.5, 0.6) is 11.5 Å². The zero-order valence-electron chi connectivity index (χ0n) is 12.4. The minimum Gasteiger partial charge on any atom is -0.454 e. The number of fused-ring (bicyclic) bond motifs is 1. The molecule has 0 atom stereocenters. The Kier molecular flexibility index (Phi) is 4.13. The molecule has 112 valence electrons. The molecule has 0 bridgehead atoms. The summed E-state index contributed by atoms with van der Waals surface area (Å²) >= 11 is 0. The first-order valence-electron chi connectivity index (χ1n) is 7.66. The summed E-state index contributed by atoms with van der Waals surface area (Å²) in [5.41, 5.74) is 0.954. The van der Waals surface area contributed by atoms with Gasteiger partial charge in [0.1, 0.15) is 0 Å². The molecule has 1 heterocycles. The van der Waals surface area contributed by atoms with Crippen LogP contribution in [0.3, 0.4) is 0 Å². The van der Waals surface area contributed by atoms with Crippen LogP contribution in [0.25, 0.3) is 6.08 Å². The molecule has 1 aromatic rings. The van der Waals surface area contributed by atoms with Gasteiger partial charge in [0.15, 0.2) is 11.5 Å². The number of ether oxygens (including phenoxy) is 2. The summed E-state index contributed by atoms with van der Waals surface area (Å²) in [5.74, 6) is 1.61. The SMILES string of the molecule is CCN(C(=O)/C=C/c1ccc2c(c1)OCO2)C1CCCC1. The fourth-order valence-corrected chi connectivity index (χ4v) is 3.09. The van der Waals surface area contributed by atoms with Crippen LogP contribution in [0.4, 0.5) is 0 Å². The van der Waals surface area contributed by atoms with E-state index in [1.807, 2.05) is 36.1 Å². The zero-order chi connectivity index (χ0) is 14.7. The van der Waals surface area contributed by atoms with Gasteiger partial charge in [0, 0.05) is 18.7 Å². The van der Waals surface area contributed by atoms with E-state index in [0.717, 1.165) is 36.4 Å². The Balaban J connectivity index is 1.68. The molecule has 0 radical (unpaired) electrons. The van der Waals surface area contributed by atoms with Gasteiger partial charge in [0.25, 0.3) is 0 Å². The minimum absolute atomic E-state index is 0.0991. The van der Waals surface area contributed by atoms with E-state index < -0.39 is 0 Å². The van der Waals surface area contributed by atoms with Crippen molar-refractivity contribution in [1.29, 1.82) is 0 Å². The van der Waals surface area contributed by atoms with Crippen molar-refractivity contribution in [3.05, 3.63) is 29.8 Å². The Labute approximate surface area is 125 Å². The van der Waals surface area contributed by atoms with Crippen LogP contribution in [-0.2, 0) is 4.79 Å². The number of benzene rings is 1. The monoisotopic (exact) mass is 287 g/mol. The van der Waals surface area contributed by atoms with Crippen molar-refractivity contribution in [2.75, 3.05) is 13.3 Å². The highest BCUT2D eigenvalue weighted by molar-refractivity contribution is 5.92. The van der Waals surface area contributed by atoms with E-state index in [1.165, 1.54) is 12.8 Å². The lowest BCUT2D eigenvalue weighted by Gasteiger charge is -2.26. The third kappa shape index (κ3) is 3.04. The van der Waals surface area contributed by atoms with Crippen LogP contribution < -0.4 is 9.47 Å². The predicted octanol–water partition coefficient (Wildman–Crippen LogP) is 3.22. The molecule has 0 unspecified atom stereocenters. The Bertz CT molecular complexity index is 547. The molecule has 1 aliphatic carbocycles. The molecule has 1 fully saturated rings. The van der Waals surface area contributed by atoms with Crippen molar-refractivity contribution in [2.24, 2.45) is 0 Å². The van der Waals surface area contributed by atoms with E-state index in [2.05, 4.69) is 0 Å². The topological polar surface area (TPSA) is 38.8 Å². The van der Waals surface area contributed by atoms with Crippen molar-refractivity contribution < 1.29 is 14.3 Å². The smallest absolute Gasteiger partial charge is 0.246 e. The number of hydrogen-bond acceptors (Lipinski definition) is 3. The first kappa shape index (κ1) is 14.0. The molecule has 1 aromatic carbocycles. The number of rotatable bonds is 4. The minimum atomic E-state index is 0.0991. The van der Waals surface area contributed by atoms with Gasteiger partial charge in [-0.05, 0) is 43.5 Å². The lowest BCUT2D eigenvalue weighted by molar-refractivity contribution is -0.127. The molecular weight excluding hydrogens is 266 g/mol. The number of nitrogens with zero attached hydrogens (tertiary/aromatic N) is 1. The largest absolute Gasteiger partial charge is 0.454 e. The maximum Gasteiger partial charge on any atom is 0.246 e. The molecule has 0 N–H and O–H groups in total. The second-order valence-corrected chi connectivity index (χ2v) is 5.51. The third-order valence-electron chi connectivity index (χ3n) is 4.20. The van der Waals surface area contributed by atoms with Gasteiger partial charge in [-0.3, -0.25) is 4.79 Å². The van der Waals surface area contributed by atoms with Gasteiger partial charge in [-0.2, -0.15) is 0 Å². The highest BCUT2D eigenvalue weighted by atomic mass is 16.7. The number of carbonyl (C=O) groups is 1. The standard InChI is InChI=1S/C17H21NO3/c1-2-18(14-5-3-4-6-14)17(19)10-8-13-7-9-15-16(11-13)21-12-20-15/h7-11,14H,2-6,12H2,1H3/b10-8+. The summed E-state index contributed by atoms with van der Waals surface area (Å²) in [6.07, 6.45) is 8.26. The van der Waals surface area contributed by atoms with E-state index in [1.54, 1.807) is 6.08 Å². The summed E-state index contributed by atoms with van der Waals surface area (Å²) in [6.45, 7) is 3.09. The zero-order valence-corrected chi connectivity index (χ0v) is 12.4. The first-order chi connectivity index (χ1) is 10.3. The Morgan fingerprint density at radius 3 is 2.81 bits per heavy atom. The first-order valence-corrected chi connectivity index (χ1v) is 7.66. The summed E-state index contributed by atoms with van der Waals surface area (Å²) in [4.78, 5) is 14.3. The summed E-state index contributed by atoms with van der Waals surface area (Å²) in [6, 6.07) is 6.13. The van der Waals surface area contributed by atoms with Gasteiger partial charge < -0.3 is 14.4 Å². The van der Waals surface area contributed by atoms with Crippen molar-refractivity contribution in [2.45, 2.75) is 38.6 Å². The molecule has 1 aliphatic heterocycles. The highest BCUT2D eigenvalue weighted by Crippen LogP contribution is 2.32. The van der Waals surface area contributed by atoms with E-state index in [0.29, 0.717) is 6.04 Å². The van der Waals surface area contributed by atoms with Crippen molar-refractivity contribution >= 4 is 12.0 Å².